The molecular weight excluding hydrogens is 208 g/mol. The standard InChI is InChI=1S/C15H26N2/c1-10(2)3-14(17-16)15-7-11-4-12(8-15)6-13(5-11)9-15/h3,11-14,17H,4-9,16H2,1-2H3. The van der Waals surface area contributed by atoms with Crippen LogP contribution < -0.4 is 11.3 Å². The van der Waals surface area contributed by atoms with Crippen LogP contribution in [0.25, 0.3) is 0 Å². The molecule has 2 heteroatoms. The topological polar surface area (TPSA) is 38.0 Å². The summed E-state index contributed by atoms with van der Waals surface area (Å²) >= 11 is 0. The predicted octanol–water partition coefficient (Wildman–Crippen LogP) is 3.00. The average molecular weight is 234 g/mol. The molecule has 3 N–H and O–H groups in total. The summed E-state index contributed by atoms with van der Waals surface area (Å²) in [6.07, 6.45) is 11.1. The van der Waals surface area contributed by atoms with E-state index in [4.69, 9.17) is 5.84 Å². The molecule has 1 atom stereocenters. The largest absolute Gasteiger partial charge is 0.271 e. The Morgan fingerprint density at radius 1 is 1.12 bits per heavy atom. The Kier molecular flexibility index (Phi) is 2.83. The molecule has 4 fully saturated rings. The maximum atomic E-state index is 5.85. The molecule has 0 saturated heterocycles. The van der Waals surface area contributed by atoms with Crippen LogP contribution >= 0.6 is 0 Å². The van der Waals surface area contributed by atoms with Crippen molar-refractivity contribution in [1.82, 2.24) is 5.43 Å². The van der Waals surface area contributed by atoms with E-state index in [2.05, 4.69) is 25.3 Å². The van der Waals surface area contributed by atoms with E-state index in [0.29, 0.717) is 11.5 Å². The normalized spacial score (nSPS) is 44.8. The summed E-state index contributed by atoms with van der Waals surface area (Å²) in [5, 5.41) is 0. The van der Waals surface area contributed by atoms with Crippen molar-refractivity contribution in [3.05, 3.63) is 11.6 Å². The van der Waals surface area contributed by atoms with Gasteiger partial charge in [-0.25, -0.2) is 0 Å². The van der Waals surface area contributed by atoms with Gasteiger partial charge in [0.25, 0.3) is 0 Å². The van der Waals surface area contributed by atoms with Crippen LogP contribution in [0, 0.1) is 23.2 Å². The van der Waals surface area contributed by atoms with Gasteiger partial charge in [-0.3, -0.25) is 11.3 Å². The van der Waals surface area contributed by atoms with Crippen LogP contribution in [0.2, 0.25) is 0 Å². The first-order valence-corrected chi connectivity index (χ1v) is 7.22. The fraction of sp³-hybridized carbons (Fsp3) is 0.867. The molecule has 2 nitrogen and oxygen atoms in total. The van der Waals surface area contributed by atoms with Gasteiger partial charge in [0.05, 0.1) is 0 Å². The highest BCUT2D eigenvalue weighted by Gasteiger charge is 2.53. The quantitative estimate of drug-likeness (QED) is 0.447. The van der Waals surface area contributed by atoms with Crippen LogP contribution in [-0.4, -0.2) is 6.04 Å². The van der Waals surface area contributed by atoms with Crippen LogP contribution in [0.1, 0.15) is 52.4 Å². The van der Waals surface area contributed by atoms with Crippen molar-refractivity contribution >= 4 is 0 Å². The van der Waals surface area contributed by atoms with Crippen LogP contribution in [0.3, 0.4) is 0 Å². The second kappa shape index (κ2) is 4.10. The Morgan fingerprint density at radius 2 is 1.59 bits per heavy atom. The molecular formula is C15H26N2. The van der Waals surface area contributed by atoms with Crippen molar-refractivity contribution < 1.29 is 0 Å². The number of hydrazine groups is 1. The first kappa shape index (κ1) is 11.7. The van der Waals surface area contributed by atoms with Gasteiger partial charge in [0.2, 0.25) is 0 Å². The molecule has 0 radical (unpaired) electrons. The summed E-state index contributed by atoms with van der Waals surface area (Å²) in [6, 6.07) is 0.404. The maximum Gasteiger partial charge on any atom is 0.0449 e. The molecule has 0 amide bonds. The third-order valence-electron chi connectivity index (χ3n) is 5.42. The SMILES string of the molecule is CC(C)=CC(NN)C12CC3CC(CC(C3)C1)C2. The number of rotatable bonds is 3. The van der Waals surface area contributed by atoms with Crippen molar-refractivity contribution in [3.8, 4) is 0 Å². The molecule has 0 aromatic rings. The zero-order chi connectivity index (χ0) is 12.0. The molecule has 1 unspecified atom stereocenters. The molecule has 0 spiro atoms. The zero-order valence-corrected chi connectivity index (χ0v) is 11.2. The van der Waals surface area contributed by atoms with Crippen LogP contribution in [0.4, 0.5) is 0 Å². The fourth-order valence-electron chi connectivity index (χ4n) is 5.29. The summed E-state index contributed by atoms with van der Waals surface area (Å²) in [4.78, 5) is 0. The van der Waals surface area contributed by atoms with E-state index >= 15 is 0 Å². The second-order valence-electron chi connectivity index (χ2n) is 7.17. The highest BCUT2D eigenvalue weighted by molar-refractivity contribution is 5.13. The van der Waals surface area contributed by atoms with Crippen molar-refractivity contribution in [1.29, 1.82) is 0 Å². The summed E-state index contributed by atoms with van der Waals surface area (Å²) < 4.78 is 0. The number of hydrogen-bond acceptors (Lipinski definition) is 2. The first-order chi connectivity index (χ1) is 8.11. The molecule has 4 rings (SSSR count). The molecule has 4 aliphatic carbocycles. The van der Waals surface area contributed by atoms with E-state index in [9.17, 15) is 0 Å². The Labute approximate surface area is 105 Å². The van der Waals surface area contributed by atoms with Crippen molar-refractivity contribution in [3.63, 3.8) is 0 Å². The van der Waals surface area contributed by atoms with Gasteiger partial charge in [-0.05, 0) is 75.5 Å². The minimum Gasteiger partial charge on any atom is -0.271 e. The number of allylic oxidation sites excluding steroid dienone is 1. The van der Waals surface area contributed by atoms with E-state index in [-0.39, 0.29) is 0 Å². The summed E-state index contributed by atoms with van der Waals surface area (Å²) in [6.45, 7) is 4.37. The summed E-state index contributed by atoms with van der Waals surface area (Å²) in [5.41, 5.74) is 4.99. The highest BCUT2D eigenvalue weighted by atomic mass is 15.2. The lowest BCUT2D eigenvalue weighted by molar-refractivity contribution is -0.0651. The fourth-order valence-corrected chi connectivity index (χ4v) is 5.29. The van der Waals surface area contributed by atoms with Crippen LogP contribution in [0.5, 0.6) is 0 Å². The third kappa shape index (κ3) is 1.96. The van der Waals surface area contributed by atoms with Gasteiger partial charge in [-0.1, -0.05) is 11.6 Å². The average Bonchev–Trinajstić information content (AvgIpc) is 2.23. The van der Waals surface area contributed by atoms with Crippen molar-refractivity contribution in [2.75, 3.05) is 0 Å². The highest BCUT2D eigenvalue weighted by Crippen LogP contribution is 2.61. The Bertz CT molecular complexity index is 293. The van der Waals surface area contributed by atoms with Gasteiger partial charge in [-0.15, -0.1) is 0 Å². The van der Waals surface area contributed by atoms with Gasteiger partial charge in [0.15, 0.2) is 0 Å². The van der Waals surface area contributed by atoms with E-state index in [1.165, 1.54) is 44.1 Å². The first-order valence-electron chi connectivity index (χ1n) is 7.22. The molecule has 96 valence electrons. The molecule has 0 aromatic heterocycles. The maximum absolute atomic E-state index is 5.85. The Balaban J connectivity index is 1.87. The summed E-state index contributed by atoms with van der Waals surface area (Å²) in [7, 11) is 0. The molecule has 4 aliphatic rings. The van der Waals surface area contributed by atoms with Crippen LogP contribution in [-0.2, 0) is 0 Å². The lowest BCUT2D eigenvalue weighted by Gasteiger charge is -2.59. The van der Waals surface area contributed by atoms with Gasteiger partial charge < -0.3 is 0 Å². The second-order valence-corrected chi connectivity index (χ2v) is 7.17. The number of hydrogen-bond donors (Lipinski definition) is 2. The van der Waals surface area contributed by atoms with E-state index in [1.54, 1.807) is 0 Å². The summed E-state index contributed by atoms with van der Waals surface area (Å²) in [5.74, 6) is 8.86. The Hall–Kier alpha value is -0.340. The van der Waals surface area contributed by atoms with E-state index in [0.717, 1.165) is 17.8 Å². The third-order valence-corrected chi connectivity index (χ3v) is 5.42. The minimum absolute atomic E-state index is 0.404. The van der Waals surface area contributed by atoms with Gasteiger partial charge >= 0.3 is 0 Å². The smallest absolute Gasteiger partial charge is 0.0449 e. The van der Waals surface area contributed by atoms with Gasteiger partial charge in [0.1, 0.15) is 0 Å². The van der Waals surface area contributed by atoms with Crippen molar-refractivity contribution in [2.45, 2.75) is 58.4 Å². The van der Waals surface area contributed by atoms with E-state index in [1.807, 2.05) is 0 Å². The lowest BCUT2D eigenvalue weighted by Crippen LogP contribution is -2.56. The van der Waals surface area contributed by atoms with E-state index < -0.39 is 0 Å². The monoisotopic (exact) mass is 234 g/mol. The molecule has 4 saturated carbocycles. The molecule has 4 bridgehead atoms. The van der Waals surface area contributed by atoms with Crippen LogP contribution in [0.15, 0.2) is 11.6 Å². The Morgan fingerprint density at radius 3 is 1.94 bits per heavy atom. The molecule has 0 aliphatic heterocycles. The zero-order valence-electron chi connectivity index (χ0n) is 11.2. The van der Waals surface area contributed by atoms with Gasteiger partial charge in [0, 0.05) is 6.04 Å². The van der Waals surface area contributed by atoms with Crippen molar-refractivity contribution in [2.24, 2.45) is 29.0 Å². The predicted molar refractivity (Wildman–Crippen MR) is 71.1 cm³/mol. The molecule has 0 aromatic carbocycles. The lowest BCUT2D eigenvalue weighted by atomic mass is 9.47. The molecule has 0 heterocycles. The minimum atomic E-state index is 0.404. The number of nitrogens with one attached hydrogen (secondary N) is 1. The van der Waals surface area contributed by atoms with Gasteiger partial charge in [-0.2, -0.15) is 0 Å². The number of nitrogens with two attached hydrogens (primary N) is 1. The molecule has 17 heavy (non-hydrogen) atoms.